The molecule has 2 rings (SSSR count). The van der Waals surface area contributed by atoms with Crippen molar-refractivity contribution in [2.24, 2.45) is 5.84 Å². The van der Waals surface area contributed by atoms with E-state index in [0.717, 1.165) is 48.6 Å². The fraction of sp³-hybridized carbons (Fsp3) is 0.571. The topological polar surface area (TPSA) is 70.3 Å². The number of likely N-dealkylation sites (N-methyl/N-ethyl adjacent to an activating group) is 1. The zero-order chi connectivity index (χ0) is 15.2. The van der Waals surface area contributed by atoms with Crippen molar-refractivity contribution in [3.05, 3.63) is 17.3 Å². The minimum atomic E-state index is 0.709. The second-order valence-electron chi connectivity index (χ2n) is 5.35. The molecule has 0 aliphatic carbocycles. The summed E-state index contributed by atoms with van der Waals surface area (Å²) < 4.78 is 0. The number of hydrogen-bond donors (Lipinski definition) is 2. The highest BCUT2D eigenvalue weighted by atomic mass is 32.1. The van der Waals surface area contributed by atoms with Crippen LogP contribution in [0.3, 0.4) is 0 Å². The number of hydrazine groups is 1. The number of anilines is 1. The highest BCUT2D eigenvalue weighted by Crippen LogP contribution is 2.24. The van der Waals surface area contributed by atoms with Crippen LogP contribution in [-0.4, -0.2) is 53.5 Å². The molecule has 21 heavy (non-hydrogen) atoms. The molecule has 0 spiro atoms. The summed E-state index contributed by atoms with van der Waals surface area (Å²) >= 11 is 1.62. The van der Waals surface area contributed by atoms with Crippen molar-refractivity contribution in [2.45, 2.75) is 19.9 Å². The molecular formula is C14H24N6S. The second kappa shape index (κ2) is 7.65. The third-order valence-electron chi connectivity index (χ3n) is 3.28. The van der Waals surface area contributed by atoms with Crippen LogP contribution < -0.4 is 11.3 Å². The lowest BCUT2D eigenvalue weighted by Crippen LogP contribution is -2.32. The first kappa shape index (κ1) is 16.1. The van der Waals surface area contributed by atoms with Gasteiger partial charge in [-0.2, -0.15) is 0 Å². The molecule has 2 aromatic heterocycles. The molecule has 0 saturated heterocycles. The van der Waals surface area contributed by atoms with E-state index in [0.29, 0.717) is 5.82 Å². The van der Waals surface area contributed by atoms with E-state index in [1.165, 1.54) is 0 Å². The number of aromatic nitrogens is 2. The quantitative estimate of drug-likeness (QED) is 0.572. The van der Waals surface area contributed by atoms with Crippen LogP contribution in [0.4, 0.5) is 5.82 Å². The van der Waals surface area contributed by atoms with E-state index in [-0.39, 0.29) is 0 Å². The summed E-state index contributed by atoms with van der Waals surface area (Å²) in [6, 6.07) is 1.99. The first-order valence-electron chi connectivity index (χ1n) is 7.21. The van der Waals surface area contributed by atoms with Gasteiger partial charge in [0, 0.05) is 13.1 Å². The van der Waals surface area contributed by atoms with E-state index < -0.39 is 0 Å². The lowest BCUT2D eigenvalue weighted by atomic mass is 10.3. The average molecular weight is 308 g/mol. The van der Waals surface area contributed by atoms with E-state index in [9.17, 15) is 0 Å². The van der Waals surface area contributed by atoms with Crippen molar-refractivity contribution < 1.29 is 0 Å². The van der Waals surface area contributed by atoms with Crippen LogP contribution in [-0.2, 0) is 6.54 Å². The highest BCUT2D eigenvalue weighted by molar-refractivity contribution is 7.16. The van der Waals surface area contributed by atoms with Gasteiger partial charge in [0.15, 0.2) is 5.82 Å². The molecule has 0 radical (unpaired) electrons. The number of rotatable bonds is 8. The van der Waals surface area contributed by atoms with Gasteiger partial charge in [0.1, 0.15) is 10.7 Å². The number of nitrogens with two attached hydrogens (primary N) is 1. The van der Waals surface area contributed by atoms with Crippen molar-refractivity contribution in [1.82, 2.24) is 19.8 Å². The minimum Gasteiger partial charge on any atom is -0.308 e. The number of nitrogen functional groups attached to an aromatic ring is 1. The Morgan fingerprint density at radius 1 is 1.24 bits per heavy atom. The summed E-state index contributed by atoms with van der Waals surface area (Å²) in [5.41, 5.74) is 2.68. The monoisotopic (exact) mass is 308 g/mol. The van der Waals surface area contributed by atoms with Crippen LogP contribution in [0.5, 0.6) is 0 Å². The van der Waals surface area contributed by atoms with Gasteiger partial charge in [0.05, 0.1) is 11.9 Å². The molecule has 0 aliphatic rings. The second-order valence-corrected chi connectivity index (χ2v) is 6.25. The maximum atomic E-state index is 5.58. The molecule has 0 aliphatic heterocycles. The van der Waals surface area contributed by atoms with E-state index in [1.54, 1.807) is 11.3 Å². The van der Waals surface area contributed by atoms with Crippen molar-refractivity contribution in [3.63, 3.8) is 0 Å². The molecule has 0 fully saturated rings. The van der Waals surface area contributed by atoms with Crippen LogP contribution in [0.15, 0.2) is 11.4 Å². The fourth-order valence-electron chi connectivity index (χ4n) is 2.21. The first-order valence-corrected chi connectivity index (χ1v) is 8.09. The summed E-state index contributed by atoms with van der Waals surface area (Å²) in [5.74, 6) is 7.11. The Kier molecular flexibility index (Phi) is 5.86. The van der Waals surface area contributed by atoms with E-state index in [4.69, 9.17) is 5.84 Å². The van der Waals surface area contributed by atoms with Crippen LogP contribution in [0, 0.1) is 0 Å². The Bertz CT molecular complexity index is 568. The van der Waals surface area contributed by atoms with Crippen LogP contribution >= 0.6 is 11.3 Å². The van der Waals surface area contributed by atoms with E-state index >= 15 is 0 Å². The van der Waals surface area contributed by atoms with Gasteiger partial charge in [-0.3, -0.25) is 4.90 Å². The van der Waals surface area contributed by atoms with Gasteiger partial charge in [-0.15, -0.1) is 11.3 Å². The van der Waals surface area contributed by atoms with Crippen LogP contribution in [0.25, 0.3) is 10.2 Å². The van der Waals surface area contributed by atoms with Gasteiger partial charge in [-0.05, 0) is 38.5 Å². The molecule has 2 aromatic rings. The summed E-state index contributed by atoms with van der Waals surface area (Å²) in [4.78, 5) is 14.8. The first-order chi connectivity index (χ1) is 10.1. The average Bonchev–Trinajstić information content (AvgIpc) is 2.92. The molecule has 2 heterocycles. The number of nitrogens with zero attached hydrogens (tertiary/aromatic N) is 4. The minimum absolute atomic E-state index is 0.709. The zero-order valence-electron chi connectivity index (χ0n) is 13.0. The molecule has 0 saturated carbocycles. The van der Waals surface area contributed by atoms with Gasteiger partial charge in [-0.25, -0.2) is 15.8 Å². The maximum Gasteiger partial charge on any atom is 0.152 e. The predicted octanol–water partition coefficient (Wildman–Crippen LogP) is 1.75. The molecule has 7 heteroatoms. The smallest absolute Gasteiger partial charge is 0.152 e. The van der Waals surface area contributed by atoms with Crippen LogP contribution in [0.1, 0.15) is 19.2 Å². The predicted molar refractivity (Wildman–Crippen MR) is 89.3 cm³/mol. The molecule has 3 N–H and O–H groups in total. The van der Waals surface area contributed by atoms with Gasteiger partial charge in [0.2, 0.25) is 0 Å². The summed E-state index contributed by atoms with van der Waals surface area (Å²) in [7, 11) is 4.18. The highest BCUT2D eigenvalue weighted by Gasteiger charge is 2.12. The summed E-state index contributed by atoms with van der Waals surface area (Å²) in [6.45, 7) is 6.04. The lowest BCUT2D eigenvalue weighted by molar-refractivity contribution is 0.229. The van der Waals surface area contributed by atoms with Gasteiger partial charge in [0.25, 0.3) is 0 Å². The Hall–Kier alpha value is -1.28. The summed E-state index contributed by atoms with van der Waals surface area (Å²) in [5, 5.41) is 3.00. The van der Waals surface area contributed by atoms with E-state index in [2.05, 4.69) is 46.2 Å². The third kappa shape index (κ3) is 4.34. The van der Waals surface area contributed by atoms with E-state index in [1.807, 2.05) is 11.4 Å². The Morgan fingerprint density at radius 2 is 2.05 bits per heavy atom. The molecular weight excluding hydrogens is 284 g/mol. The lowest BCUT2D eigenvalue weighted by Gasteiger charge is -2.23. The molecule has 6 nitrogen and oxygen atoms in total. The van der Waals surface area contributed by atoms with Gasteiger partial charge < -0.3 is 10.3 Å². The van der Waals surface area contributed by atoms with Gasteiger partial charge >= 0.3 is 0 Å². The third-order valence-corrected chi connectivity index (χ3v) is 4.08. The molecule has 116 valence electrons. The summed E-state index contributed by atoms with van der Waals surface area (Å²) in [6.07, 6.45) is 1.12. The largest absolute Gasteiger partial charge is 0.308 e. The number of nitrogens with one attached hydrogen (secondary N) is 1. The Balaban J connectivity index is 2.15. The van der Waals surface area contributed by atoms with Crippen molar-refractivity contribution >= 4 is 27.4 Å². The SMILES string of the molecule is CCCN(CCN(C)C)Cc1nc(NN)c2ccsc2n1. The normalized spacial score (nSPS) is 11.7. The van der Waals surface area contributed by atoms with Crippen LogP contribution in [0.2, 0.25) is 0 Å². The number of fused-ring (bicyclic) bond motifs is 1. The fourth-order valence-corrected chi connectivity index (χ4v) is 2.99. The Labute approximate surface area is 129 Å². The maximum absolute atomic E-state index is 5.58. The zero-order valence-corrected chi connectivity index (χ0v) is 13.8. The van der Waals surface area contributed by atoms with Crippen molar-refractivity contribution in [2.75, 3.05) is 39.2 Å². The Morgan fingerprint density at radius 3 is 2.71 bits per heavy atom. The number of thiophene rings is 1. The van der Waals surface area contributed by atoms with Gasteiger partial charge in [-0.1, -0.05) is 6.92 Å². The number of hydrogen-bond acceptors (Lipinski definition) is 7. The molecule has 0 amide bonds. The molecule has 0 unspecified atom stereocenters. The standard InChI is InChI=1S/C14H24N6S/c1-4-6-20(8-7-19(2)3)10-12-16-13(18-15)11-5-9-21-14(11)17-12/h5,9H,4,6-8,10,15H2,1-3H3,(H,16,17,18). The molecule has 0 aromatic carbocycles. The van der Waals surface area contributed by atoms with Crippen molar-refractivity contribution in [3.8, 4) is 0 Å². The molecule has 0 bridgehead atoms. The van der Waals surface area contributed by atoms with Crippen molar-refractivity contribution in [1.29, 1.82) is 0 Å². The molecule has 0 atom stereocenters.